The molecule has 0 saturated carbocycles. The molecule has 2 aromatic rings. The van der Waals surface area contributed by atoms with Crippen molar-refractivity contribution < 1.29 is 22.7 Å². The lowest BCUT2D eigenvalue weighted by Gasteiger charge is -2.33. The number of carbonyl (C=O) groups excluding carboxylic acids is 1. The van der Waals surface area contributed by atoms with Gasteiger partial charge in [0.25, 0.3) is 0 Å². The Hall–Kier alpha value is -2.10. The molecule has 0 bridgehead atoms. The maximum absolute atomic E-state index is 12.7. The van der Waals surface area contributed by atoms with Gasteiger partial charge in [-0.1, -0.05) is 0 Å². The van der Waals surface area contributed by atoms with Crippen LogP contribution in [0.2, 0.25) is 0 Å². The van der Waals surface area contributed by atoms with Crippen molar-refractivity contribution >= 4 is 33.5 Å². The minimum absolute atomic E-state index is 0.224. The molecule has 29 heavy (non-hydrogen) atoms. The second-order valence-corrected chi connectivity index (χ2v) is 9.35. The van der Waals surface area contributed by atoms with Crippen LogP contribution < -0.4 is 5.32 Å². The molecule has 1 aliphatic rings. The van der Waals surface area contributed by atoms with E-state index in [1.54, 1.807) is 4.90 Å². The number of hydrogen-bond donors (Lipinski definition) is 1. The summed E-state index contributed by atoms with van der Waals surface area (Å²) in [6.45, 7) is 7.40. The molecule has 2 aromatic heterocycles. The maximum atomic E-state index is 12.7. The van der Waals surface area contributed by atoms with Crippen LogP contribution in [-0.4, -0.2) is 52.4 Å². The van der Waals surface area contributed by atoms with Crippen LogP contribution in [0.15, 0.2) is 12.4 Å². The molecule has 1 saturated heterocycles. The van der Waals surface area contributed by atoms with E-state index in [1.807, 2.05) is 20.8 Å². The number of nitrogens with zero attached hydrogens (tertiary/aromatic N) is 3. The number of hydrogen-bond acceptors (Lipinski definition) is 6. The summed E-state index contributed by atoms with van der Waals surface area (Å²) >= 11 is 1.04. The van der Waals surface area contributed by atoms with Crippen LogP contribution >= 0.6 is 11.3 Å². The van der Waals surface area contributed by atoms with Gasteiger partial charge in [0.1, 0.15) is 22.6 Å². The Bertz CT molecular complexity index is 855. The summed E-state index contributed by atoms with van der Waals surface area (Å²) in [7, 11) is 0. The molecule has 160 valence electrons. The number of rotatable bonds is 4. The van der Waals surface area contributed by atoms with Gasteiger partial charge < -0.3 is 15.0 Å². The minimum Gasteiger partial charge on any atom is -0.444 e. The van der Waals surface area contributed by atoms with Crippen LogP contribution in [0.3, 0.4) is 0 Å². The molecular weight excluding hydrogens is 405 g/mol. The van der Waals surface area contributed by atoms with Gasteiger partial charge in [0, 0.05) is 24.5 Å². The number of fused-ring (bicyclic) bond motifs is 1. The highest BCUT2D eigenvalue weighted by Crippen LogP contribution is 2.32. The largest absolute Gasteiger partial charge is 0.444 e. The third-order valence-electron chi connectivity index (χ3n) is 4.58. The van der Waals surface area contributed by atoms with Gasteiger partial charge in [-0.25, -0.2) is 14.8 Å². The third-order valence-corrected chi connectivity index (χ3v) is 5.62. The monoisotopic (exact) mass is 430 g/mol. The summed E-state index contributed by atoms with van der Waals surface area (Å²) in [5.41, 5.74) is -0.515. The zero-order valence-electron chi connectivity index (χ0n) is 16.7. The van der Waals surface area contributed by atoms with E-state index in [0.29, 0.717) is 41.6 Å². The molecular formula is C19H25F3N4O2S. The molecule has 1 aliphatic heterocycles. The van der Waals surface area contributed by atoms with E-state index in [0.717, 1.165) is 24.2 Å². The van der Waals surface area contributed by atoms with E-state index in [2.05, 4.69) is 15.3 Å². The van der Waals surface area contributed by atoms with Crippen molar-refractivity contribution in [3.05, 3.63) is 17.3 Å². The summed E-state index contributed by atoms with van der Waals surface area (Å²) in [5, 5.41) is 3.87. The molecule has 0 aromatic carbocycles. The normalized spacial score (nSPS) is 16.3. The number of aromatic nitrogens is 2. The molecule has 3 rings (SSSR count). The summed E-state index contributed by atoms with van der Waals surface area (Å²) in [6.07, 6.45) is -2.49. The molecule has 0 unspecified atom stereocenters. The Morgan fingerprint density at radius 2 is 1.97 bits per heavy atom. The lowest BCUT2D eigenvalue weighted by molar-refractivity contribution is -0.126. The quantitative estimate of drug-likeness (QED) is 0.751. The highest BCUT2D eigenvalue weighted by molar-refractivity contribution is 7.18. The van der Waals surface area contributed by atoms with Gasteiger partial charge in [0.2, 0.25) is 0 Å². The van der Waals surface area contributed by atoms with E-state index < -0.39 is 18.2 Å². The fraction of sp³-hybridized carbons (Fsp3) is 0.632. The summed E-state index contributed by atoms with van der Waals surface area (Å²) < 4.78 is 43.4. The van der Waals surface area contributed by atoms with Crippen LogP contribution in [-0.2, 0) is 11.2 Å². The predicted molar refractivity (Wildman–Crippen MR) is 106 cm³/mol. The highest BCUT2D eigenvalue weighted by atomic mass is 32.1. The van der Waals surface area contributed by atoms with Crippen molar-refractivity contribution in [3.63, 3.8) is 0 Å². The van der Waals surface area contributed by atoms with Crippen LogP contribution in [0.25, 0.3) is 10.2 Å². The maximum Gasteiger partial charge on any atom is 0.410 e. The predicted octanol–water partition coefficient (Wildman–Crippen LogP) is 4.86. The lowest BCUT2D eigenvalue weighted by atomic mass is 9.97. The van der Waals surface area contributed by atoms with E-state index in [9.17, 15) is 18.0 Å². The number of halogens is 3. The summed E-state index contributed by atoms with van der Waals surface area (Å²) in [6, 6.07) is 1.51. The van der Waals surface area contributed by atoms with Crippen molar-refractivity contribution in [3.8, 4) is 0 Å². The Labute approximate surface area is 171 Å². The molecule has 10 heteroatoms. The minimum atomic E-state index is -4.25. The van der Waals surface area contributed by atoms with Crippen molar-refractivity contribution in [2.75, 3.05) is 25.0 Å². The standard InChI is InChI=1S/C19H25F3N4O2S/c1-18(2,3)28-17(27)26-6-4-12(5-7-26)10-23-15-14-8-13(9-19(20,21)22)29-16(14)25-11-24-15/h8,11-12H,4-7,9-10H2,1-3H3,(H,23,24,25). The highest BCUT2D eigenvalue weighted by Gasteiger charge is 2.29. The second kappa shape index (κ2) is 8.33. The Kier molecular flexibility index (Phi) is 6.21. The molecule has 0 radical (unpaired) electrons. The number of amides is 1. The molecule has 1 fully saturated rings. The zero-order chi connectivity index (χ0) is 21.2. The number of piperidine rings is 1. The molecule has 0 spiro atoms. The Morgan fingerprint density at radius 1 is 1.28 bits per heavy atom. The van der Waals surface area contributed by atoms with Crippen LogP contribution in [0, 0.1) is 5.92 Å². The van der Waals surface area contributed by atoms with Gasteiger partial charge in [-0.2, -0.15) is 13.2 Å². The van der Waals surface area contributed by atoms with E-state index in [1.165, 1.54) is 12.4 Å². The van der Waals surface area contributed by atoms with Gasteiger partial charge >= 0.3 is 12.3 Å². The van der Waals surface area contributed by atoms with Crippen molar-refractivity contribution in [1.29, 1.82) is 0 Å². The van der Waals surface area contributed by atoms with E-state index in [4.69, 9.17) is 4.74 Å². The van der Waals surface area contributed by atoms with Crippen LogP contribution in [0.1, 0.15) is 38.5 Å². The van der Waals surface area contributed by atoms with E-state index in [-0.39, 0.29) is 11.0 Å². The van der Waals surface area contributed by atoms with Crippen molar-refractivity contribution in [2.24, 2.45) is 5.92 Å². The van der Waals surface area contributed by atoms with Gasteiger partial charge in [-0.3, -0.25) is 0 Å². The summed E-state index contributed by atoms with van der Waals surface area (Å²) in [5.74, 6) is 0.890. The number of nitrogens with one attached hydrogen (secondary N) is 1. The first-order valence-electron chi connectivity index (χ1n) is 9.52. The fourth-order valence-electron chi connectivity index (χ4n) is 3.22. The van der Waals surface area contributed by atoms with Gasteiger partial charge in [-0.05, 0) is 45.6 Å². The smallest absolute Gasteiger partial charge is 0.410 e. The zero-order valence-corrected chi connectivity index (χ0v) is 17.5. The van der Waals surface area contributed by atoms with Crippen LogP contribution in [0.4, 0.5) is 23.8 Å². The van der Waals surface area contributed by atoms with Crippen molar-refractivity contribution in [2.45, 2.75) is 51.8 Å². The molecule has 3 heterocycles. The van der Waals surface area contributed by atoms with E-state index >= 15 is 0 Å². The SMILES string of the molecule is CC(C)(C)OC(=O)N1CCC(CNc2ncnc3sc(CC(F)(F)F)cc23)CC1. The first-order chi connectivity index (χ1) is 13.5. The van der Waals surface area contributed by atoms with Gasteiger partial charge in [0.05, 0.1) is 11.8 Å². The molecule has 6 nitrogen and oxygen atoms in total. The fourth-order valence-corrected chi connectivity index (χ4v) is 4.24. The number of likely N-dealkylation sites (tertiary alicyclic amines) is 1. The van der Waals surface area contributed by atoms with Crippen molar-refractivity contribution in [1.82, 2.24) is 14.9 Å². The number of alkyl halides is 3. The average molecular weight is 430 g/mol. The Balaban J connectivity index is 1.56. The third kappa shape index (κ3) is 6.19. The second-order valence-electron chi connectivity index (χ2n) is 8.24. The number of thiophene rings is 1. The molecule has 1 N–H and O–H groups in total. The number of ether oxygens (including phenoxy) is 1. The number of anilines is 1. The molecule has 0 aliphatic carbocycles. The first-order valence-corrected chi connectivity index (χ1v) is 10.3. The van der Waals surface area contributed by atoms with Gasteiger partial charge in [0.15, 0.2) is 0 Å². The topological polar surface area (TPSA) is 67.3 Å². The number of carbonyl (C=O) groups is 1. The summed E-state index contributed by atoms with van der Waals surface area (Å²) in [4.78, 5) is 22.9. The lowest BCUT2D eigenvalue weighted by Crippen LogP contribution is -2.42. The molecule has 0 atom stereocenters. The average Bonchev–Trinajstić information content (AvgIpc) is 2.99. The Morgan fingerprint density at radius 3 is 2.59 bits per heavy atom. The van der Waals surface area contributed by atoms with Gasteiger partial charge in [-0.15, -0.1) is 11.3 Å². The molecule has 1 amide bonds. The first kappa shape index (κ1) is 21.6. The van der Waals surface area contributed by atoms with Crippen LogP contribution in [0.5, 0.6) is 0 Å².